The van der Waals surface area contributed by atoms with Crippen molar-refractivity contribution in [3.8, 4) is 0 Å². The number of carbonyl (C=O) groups is 1. The predicted octanol–water partition coefficient (Wildman–Crippen LogP) is 0.845. The maximum atomic E-state index is 12.1. The Kier molecular flexibility index (Phi) is 4.99. The Labute approximate surface area is 114 Å². The van der Waals surface area contributed by atoms with Gasteiger partial charge in [-0.3, -0.25) is 4.79 Å². The fourth-order valence-corrected chi connectivity index (χ4v) is 2.08. The van der Waals surface area contributed by atoms with Crippen LogP contribution >= 0.6 is 0 Å². The molecule has 1 aliphatic carbocycles. The highest BCUT2D eigenvalue weighted by Crippen LogP contribution is 2.25. The summed E-state index contributed by atoms with van der Waals surface area (Å²) in [6.07, 6.45) is 4.27. The van der Waals surface area contributed by atoms with Crippen LogP contribution in [0.4, 0.5) is 0 Å². The largest absolute Gasteiger partial charge is 0.383 e. The smallest absolute Gasteiger partial charge is 0.242 e. The van der Waals surface area contributed by atoms with Gasteiger partial charge in [0.2, 0.25) is 5.91 Å². The monoisotopic (exact) mass is 265 g/mol. The van der Waals surface area contributed by atoms with Crippen LogP contribution in [0.1, 0.15) is 18.5 Å². The summed E-state index contributed by atoms with van der Waals surface area (Å²) >= 11 is 0. The van der Waals surface area contributed by atoms with Crippen LogP contribution in [0.2, 0.25) is 0 Å². The number of rotatable bonds is 8. The van der Waals surface area contributed by atoms with Crippen molar-refractivity contribution in [2.45, 2.75) is 32.0 Å². The Bertz CT molecular complexity index is 413. The second-order valence-corrected chi connectivity index (χ2v) is 5.03. The summed E-state index contributed by atoms with van der Waals surface area (Å²) in [5.41, 5.74) is 1.13. The van der Waals surface area contributed by atoms with E-state index in [-0.39, 0.29) is 5.91 Å². The minimum atomic E-state index is 0.192. The third kappa shape index (κ3) is 4.08. The van der Waals surface area contributed by atoms with Crippen LogP contribution in [-0.4, -0.2) is 48.7 Å². The standard InChI is InChI=1S/C14H23N3O2/c1-16(12-5-6-12)14(18)11-17-8-3-4-13(17)10-15-7-9-19-2/h3-4,8,12,15H,5-7,9-11H2,1-2H3. The molecular formula is C14H23N3O2. The van der Waals surface area contributed by atoms with Crippen molar-refractivity contribution in [1.29, 1.82) is 0 Å². The average Bonchev–Trinajstić information content (AvgIpc) is 3.16. The van der Waals surface area contributed by atoms with E-state index in [1.165, 1.54) is 0 Å². The van der Waals surface area contributed by atoms with E-state index in [9.17, 15) is 4.79 Å². The number of amides is 1. The number of aromatic nitrogens is 1. The summed E-state index contributed by atoms with van der Waals surface area (Å²) in [5.74, 6) is 0.192. The molecule has 0 aliphatic heterocycles. The van der Waals surface area contributed by atoms with E-state index in [0.717, 1.165) is 31.6 Å². The molecule has 0 spiro atoms. The van der Waals surface area contributed by atoms with Crippen molar-refractivity contribution in [2.24, 2.45) is 0 Å². The van der Waals surface area contributed by atoms with E-state index in [4.69, 9.17) is 4.74 Å². The SMILES string of the molecule is COCCNCc1cccn1CC(=O)N(C)C1CC1. The maximum absolute atomic E-state index is 12.1. The molecule has 1 fully saturated rings. The molecule has 106 valence electrons. The lowest BCUT2D eigenvalue weighted by Crippen LogP contribution is -2.32. The van der Waals surface area contributed by atoms with Gasteiger partial charge in [-0.05, 0) is 25.0 Å². The molecule has 1 aromatic rings. The van der Waals surface area contributed by atoms with Gasteiger partial charge in [-0.1, -0.05) is 0 Å². The molecule has 0 radical (unpaired) electrons. The number of likely N-dealkylation sites (N-methyl/N-ethyl adjacent to an activating group) is 1. The number of hydrogen-bond acceptors (Lipinski definition) is 3. The summed E-state index contributed by atoms with van der Waals surface area (Å²) in [4.78, 5) is 14.0. The minimum absolute atomic E-state index is 0.192. The molecule has 1 saturated carbocycles. The Balaban J connectivity index is 1.82. The zero-order valence-corrected chi connectivity index (χ0v) is 11.8. The maximum Gasteiger partial charge on any atom is 0.242 e. The van der Waals surface area contributed by atoms with Crippen molar-refractivity contribution in [1.82, 2.24) is 14.8 Å². The number of carbonyl (C=O) groups excluding carboxylic acids is 1. The highest BCUT2D eigenvalue weighted by molar-refractivity contribution is 5.76. The Morgan fingerprint density at radius 1 is 1.58 bits per heavy atom. The van der Waals surface area contributed by atoms with Gasteiger partial charge in [0.25, 0.3) is 0 Å². The number of ether oxygens (including phenoxy) is 1. The first kappa shape index (κ1) is 14.1. The fourth-order valence-electron chi connectivity index (χ4n) is 2.08. The minimum Gasteiger partial charge on any atom is -0.383 e. The Hall–Kier alpha value is -1.33. The normalized spacial score (nSPS) is 14.6. The molecule has 1 amide bonds. The molecule has 1 N–H and O–H groups in total. The molecule has 5 heteroatoms. The van der Waals surface area contributed by atoms with Crippen molar-refractivity contribution >= 4 is 5.91 Å². The summed E-state index contributed by atoms with van der Waals surface area (Å²) in [7, 11) is 3.59. The van der Waals surface area contributed by atoms with E-state index in [1.54, 1.807) is 7.11 Å². The van der Waals surface area contributed by atoms with Gasteiger partial charge in [0.1, 0.15) is 6.54 Å². The van der Waals surface area contributed by atoms with Gasteiger partial charge in [0, 0.05) is 45.2 Å². The predicted molar refractivity (Wildman–Crippen MR) is 73.8 cm³/mol. The molecule has 5 nitrogen and oxygen atoms in total. The van der Waals surface area contributed by atoms with Gasteiger partial charge < -0.3 is 19.5 Å². The first-order valence-electron chi connectivity index (χ1n) is 6.81. The van der Waals surface area contributed by atoms with E-state index in [0.29, 0.717) is 19.2 Å². The molecule has 2 rings (SSSR count). The lowest BCUT2D eigenvalue weighted by atomic mass is 10.4. The van der Waals surface area contributed by atoms with E-state index in [1.807, 2.05) is 34.8 Å². The van der Waals surface area contributed by atoms with Crippen LogP contribution in [0.15, 0.2) is 18.3 Å². The molecule has 0 unspecified atom stereocenters. The number of nitrogens with one attached hydrogen (secondary N) is 1. The number of nitrogens with zero attached hydrogens (tertiary/aromatic N) is 2. The molecule has 19 heavy (non-hydrogen) atoms. The average molecular weight is 265 g/mol. The molecule has 0 saturated heterocycles. The Morgan fingerprint density at radius 3 is 3.05 bits per heavy atom. The summed E-state index contributed by atoms with van der Waals surface area (Å²) in [5, 5.41) is 3.30. The third-order valence-electron chi connectivity index (χ3n) is 3.51. The molecule has 1 aromatic heterocycles. The van der Waals surface area contributed by atoms with Crippen molar-refractivity contribution in [3.05, 3.63) is 24.0 Å². The molecule has 0 bridgehead atoms. The van der Waals surface area contributed by atoms with Gasteiger partial charge in [-0.25, -0.2) is 0 Å². The van der Waals surface area contributed by atoms with Gasteiger partial charge in [0.15, 0.2) is 0 Å². The van der Waals surface area contributed by atoms with Crippen molar-refractivity contribution < 1.29 is 9.53 Å². The lowest BCUT2D eigenvalue weighted by Gasteiger charge is -2.18. The summed E-state index contributed by atoms with van der Waals surface area (Å²) in [6, 6.07) is 4.51. The van der Waals surface area contributed by atoms with Crippen LogP contribution in [0, 0.1) is 0 Å². The van der Waals surface area contributed by atoms with Crippen LogP contribution < -0.4 is 5.32 Å². The molecule has 0 aromatic carbocycles. The Morgan fingerprint density at radius 2 is 2.37 bits per heavy atom. The van der Waals surface area contributed by atoms with E-state index < -0.39 is 0 Å². The molecule has 1 aliphatic rings. The van der Waals surface area contributed by atoms with Crippen LogP contribution in [0.25, 0.3) is 0 Å². The van der Waals surface area contributed by atoms with Crippen LogP contribution in [0.5, 0.6) is 0 Å². The zero-order chi connectivity index (χ0) is 13.7. The first-order chi connectivity index (χ1) is 9.22. The number of methoxy groups -OCH3 is 1. The quantitative estimate of drug-likeness (QED) is 0.709. The number of hydrogen-bond donors (Lipinski definition) is 1. The van der Waals surface area contributed by atoms with Gasteiger partial charge in [0.05, 0.1) is 6.61 Å². The van der Waals surface area contributed by atoms with Crippen molar-refractivity contribution in [2.75, 3.05) is 27.3 Å². The fraction of sp³-hybridized carbons (Fsp3) is 0.643. The van der Waals surface area contributed by atoms with Gasteiger partial charge >= 0.3 is 0 Å². The zero-order valence-electron chi connectivity index (χ0n) is 11.8. The topological polar surface area (TPSA) is 46.5 Å². The van der Waals surface area contributed by atoms with Gasteiger partial charge in [-0.15, -0.1) is 0 Å². The summed E-state index contributed by atoms with van der Waals surface area (Å²) < 4.78 is 7.01. The van der Waals surface area contributed by atoms with Crippen LogP contribution in [0.3, 0.4) is 0 Å². The molecule has 0 atom stereocenters. The second-order valence-electron chi connectivity index (χ2n) is 5.03. The third-order valence-corrected chi connectivity index (χ3v) is 3.51. The van der Waals surface area contributed by atoms with Crippen LogP contribution in [-0.2, 0) is 22.6 Å². The van der Waals surface area contributed by atoms with E-state index in [2.05, 4.69) is 5.32 Å². The molecular weight excluding hydrogens is 242 g/mol. The second kappa shape index (κ2) is 6.73. The highest BCUT2D eigenvalue weighted by atomic mass is 16.5. The van der Waals surface area contributed by atoms with Crippen molar-refractivity contribution in [3.63, 3.8) is 0 Å². The van der Waals surface area contributed by atoms with Gasteiger partial charge in [-0.2, -0.15) is 0 Å². The van der Waals surface area contributed by atoms with E-state index >= 15 is 0 Å². The first-order valence-corrected chi connectivity index (χ1v) is 6.81. The lowest BCUT2D eigenvalue weighted by molar-refractivity contribution is -0.131. The highest BCUT2D eigenvalue weighted by Gasteiger charge is 2.29. The molecule has 1 heterocycles. The summed E-state index contributed by atoms with van der Waals surface area (Å²) in [6.45, 7) is 2.71.